The number of carbonyl (C=O) groups is 3. The number of nitrogens with one attached hydrogen (secondary N) is 2. The van der Waals surface area contributed by atoms with E-state index in [9.17, 15) is 19.5 Å². The van der Waals surface area contributed by atoms with Gasteiger partial charge in [-0.3, -0.25) is 4.79 Å². The molecule has 0 spiro atoms. The molecule has 2 aliphatic carbocycles. The number of alkyl carbamates (subject to hydrolysis) is 1. The molecule has 34 heavy (non-hydrogen) atoms. The number of hydrogen-bond donors (Lipinski definition) is 3. The Labute approximate surface area is 197 Å². The Kier molecular flexibility index (Phi) is 6.24. The standard InChI is InChI=1S/C26H28N2O6/c29-24(27-22-12-13-33-23(22)25(30)31)19-10-5-11-21(19)28-26(32)34-14-20-17-8-3-1-6-15(17)16-7-2-4-9-18(16)20/h1-4,6-9,19-23H,5,10-14H2,(H,27,29)(H,28,32)(H,30,31)/t19-,21+,22+,23-/m0/s1. The summed E-state index contributed by atoms with van der Waals surface area (Å²) in [4.78, 5) is 36.8. The Morgan fingerprint density at radius 1 is 0.912 bits per heavy atom. The molecule has 0 unspecified atom stereocenters. The van der Waals surface area contributed by atoms with Gasteiger partial charge >= 0.3 is 12.1 Å². The summed E-state index contributed by atoms with van der Waals surface area (Å²) in [5.74, 6) is -1.78. The van der Waals surface area contributed by atoms with Crippen LogP contribution in [0, 0.1) is 5.92 Å². The number of rotatable bonds is 6. The molecule has 2 aromatic carbocycles. The number of fused-ring (bicyclic) bond motifs is 3. The van der Waals surface area contributed by atoms with Crippen LogP contribution in [0.3, 0.4) is 0 Å². The third-order valence-electron chi connectivity index (χ3n) is 7.16. The first-order valence-electron chi connectivity index (χ1n) is 11.8. The largest absolute Gasteiger partial charge is 0.479 e. The molecular weight excluding hydrogens is 436 g/mol. The molecule has 4 atom stereocenters. The lowest BCUT2D eigenvalue weighted by Crippen LogP contribution is -2.50. The van der Waals surface area contributed by atoms with E-state index in [0.717, 1.165) is 28.7 Å². The lowest BCUT2D eigenvalue weighted by Gasteiger charge is -2.24. The van der Waals surface area contributed by atoms with Crippen molar-refractivity contribution in [1.82, 2.24) is 10.6 Å². The first-order chi connectivity index (χ1) is 16.5. The van der Waals surface area contributed by atoms with Crippen molar-refractivity contribution >= 4 is 18.0 Å². The molecule has 3 N–H and O–H groups in total. The van der Waals surface area contributed by atoms with Crippen molar-refractivity contribution in [1.29, 1.82) is 0 Å². The first-order valence-corrected chi connectivity index (χ1v) is 11.8. The van der Waals surface area contributed by atoms with E-state index in [0.29, 0.717) is 25.9 Å². The molecule has 178 valence electrons. The number of ether oxygens (including phenoxy) is 2. The van der Waals surface area contributed by atoms with E-state index in [1.165, 1.54) is 0 Å². The van der Waals surface area contributed by atoms with Gasteiger partial charge in [-0.25, -0.2) is 9.59 Å². The average Bonchev–Trinajstić information content (AvgIpc) is 3.55. The van der Waals surface area contributed by atoms with Crippen molar-refractivity contribution in [3.05, 3.63) is 59.7 Å². The number of benzene rings is 2. The lowest BCUT2D eigenvalue weighted by molar-refractivity contribution is -0.148. The number of carboxylic acid groups (broad SMARTS) is 1. The van der Waals surface area contributed by atoms with Crippen LogP contribution >= 0.6 is 0 Å². The van der Waals surface area contributed by atoms with E-state index < -0.39 is 30.1 Å². The van der Waals surface area contributed by atoms with Gasteiger partial charge in [-0.2, -0.15) is 0 Å². The molecule has 0 radical (unpaired) electrons. The third-order valence-corrected chi connectivity index (χ3v) is 7.16. The number of aliphatic carboxylic acids is 1. The van der Waals surface area contributed by atoms with Crippen LogP contribution in [0.5, 0.6) is 0 Å². The molecule has 1 heterocycles. The highest BCUT2D eigenvalue weighted by Crippen LogP contribution is 2.44. The smallest absolute Gasteiger partial charge is 0.407 e. The van der Waals surface area contributed by atoms with Crippen molar-refractivity contribution in [3.8, 4) is 11.1 Å². The fourth-order valence-electron chi connectivity index (χ4n) is 5.51. The van der Waals surface area contributed by atoms with Crippen molar-refractivity contribution < 1.29 is 29.0 Å². The summed E-state index contributed by atoms with van der Waals surface area (Å²) in [5, 5.41) is 14.9. The lowest BCUT2D eigenvalue weighted by atomic mass is 9.98. The number of hydrogen-bond acceptors (Lipinski definition) is 5. The van der Waals surface area contributed by atoms with Gasteiger partial charge in [0.05, 0.1) is 12.0 Å². The minimum atomic E-state index is -1.08. The van der Waals surface area contributed by atoms with E-state index >= 15 is 0 Å². The van der Waals surface area contributed by atoms with E-state index in [1.807, 2.05) is 24.3 Å². The topological polar surface area (TPSA) is 114 Å². The number of carbonyl (C=O) groups excluding carboxylic acids is 2. The highest BCUT2D eigenvalue weighted by atomic mass is 16.5. The van der Waals surface area contributed by atoms with Crippen molar-refractivity contribution in [2.45, 2.75) is 49.8 Å². The van der Waals surface area contributed by atoms with Gasteiger partial charge in [0.25, 0.3) is 0 Å². The zero-order valence-electron chi connectivity index (χ0n) is 18.7. The van der Waals surface area contributed by atoms with Gasteiger partial charge in [0, 0.05) is 18.6 Å². The monoisotopic (exact) mass is 464 g/mol. The van der Waals surface area contributed by atoms with E-state index in [-0.39, 0.29) is 24.5 Å². The number of amides is 2. The predicted octanol–water partition coefficient (Wildman–Crippen LogP) is 3.05. The van der Waals surface area contributed by atoms with Crippen LogP contribution in [0.25, 0.3) is 11.1 Å². The fraction of sp³-hybridized carbons (Fsp3) is 0.423. The van der Waals surface area contributed by atoms with Crippen molar-refractivity contribution in [2.24, 2.45) is 5.92 Å². The molecule has 2 fully saturated rings. The summed E-state index contributed by atoms with van der Waals surface area (Å²) in [7, 11) is 0. The molecule has 1 saturated carbocycles. The Morgan fingerprint density at radius 2 is 1.59 bits per heavy atom. The van der Waals surface area contributed by atoms with Crippen molar-refractivity contribution in [3.63, 3.8) is 0 Å². The Bertz CT molecular complexity index is 1060. The van der Waals surface area contributed by atoms with E-state index in [4.69, 9.17) is 9.47 Å². The zero-order valence-corrected chi connectivity index (χ0v) is 18.7. The van der Waals surface area contributed by atoms with Gasteiger partial charge in [0.15, 0.2) is 6.10 Å². The minimum absolute atomic E-state index is 0.0313. The maximum absolute atomic E-state index is 12.9. The van der Waals surface area contributed by atoms with E-state index in [1.54, 1.807) is 0 Å². The fourth-order valence-corrected chi connectivity index (χ4v) is 5.51. The highest BCUT2D eigenvalue weighted by molar-refractivity contribution is 5.83. The molecule has 3 aliphatic rings. The summed E-state index contributed by atoms with van der Waals surface area (Å²) in [6, 6.07) is 15.4. The maximum Gasteiger partial charge on any atom is 0.407 e. The van der Waals surface area contributed by atoms with Crippen LogP contribution in [0.1, 0.15) is 42.7 Å². The van der Waals surface area contributed by atoms with Gasteiger partial charge in [-0.05, 0) is 41.5 Å². The first kappa shape index (κ1) is 22.4. The van der Waals surface area contributed by atoms with Gasteiger partial charge < -0.3 is 25.2 Å². The summed E-state index contributed by atoms with van der Waals surface area (Å²) in [5.41, 5.74) is 4.60. The minimum Gasteiger partial charge on any atom is -0.479 e. The van der Waals surface area contributed by atoms with Crippen LogP contribution in [-0.2, 0) is 19.1 Å². The van der Waals surface area contributed by atoms with Gasteiger partial charge in [0.2, 0.25) is 5.91 Å². The molecule has 0 bridgehead atoms. The second-order valence-electron chi connectivity index (χ2n) is 9.15. The molecule has 1 saturated heterocycles. The second-order valence-corrected chi connectivity index (χ2v) is 9.15. The van der Waals surface area contributed by atoms with Gasteiger partial charge in [-0.15, -0.1) is 0 Å². The van der Waals surface area contributed by atoms with Gasteiger partial charge in [-0.1, -0.05) is 55.0 Å². The Morgan fingerprint density at radius 3 is 2.26 bits per heavy atom. The zero-order chi connectivity index (χ0) is 23.7. The number of carboxylic acids is 1. The summed E-state index contributed by atoms with van der Waals surface area (Å²) in [6.07, 6.45) is 0.991. The normalized spacial score (nSPS) is 25.4. The maximum atomic E-state index is 12.9. The Balaban J connectivity index is 1.19. The van der Waals surface area contributed by atoms with Crippen LogP contribution in [0.2, 0.25) is 0 Å². The molecule has 2 aromatic rings. The Hall–Kier alpha value is -3.39. The SMILES string of the molecule is O=C(N[C@@H]1CCC[C@@H]1C(=O)N[C@@H]1CCO[C@@H]1C(=O)O)OCC1c2ccccc2-c2ccccc21. The van der Waals surface area contributed by atoms with Crippen molar-refractivity contribution in [2.75, 3.05) is 13.2 Å². The molecule has 0 aromatic heterocycles. The quantitative estimate of drug-likeness (QED) is 0.606. The molecular formula is C26H28N2O6. The van der Waals surface area contributed by atoms with Crippen LogP contribution in [0.4, 0.5) is 4.79 Å². The molecule has 2 amide bonds. The highest BCUT2D eigenvalue weighted by Gasteiger charge is 2.40. The van der Waals surface area contributed by atoms with Gasteiger partial charge in [0.1, 0.15) is 6.61 Å². The second kappa shape index (κ2) is 9.46. The molecule has 5 rings (SSSR count). The predicted molar refractivity (Wildman–Crippen MR) is 123 cm³/mol. The summed E-state index contributed by atoms with van der Waals surface area (Å²) in [6.45, 7) is 0.511. The molecule has 8 heteroatoms. The molecule has 8 nitrogen and oxygen atoms in total. The van der Waals surface area contributed by atoms with E-state index in [2.05, 4.69) is 34.9 Å². The van der Waals surface area contributed by atoms with Crippen LogP contribution in [-0.4, -0.2) is 54.5 Å². The third kappa shape index (κ3) is 4.25. The summed E-state index contributed by atoms with van der Waals surface area (Å²) < 4.78 is 10.8. The summed E-state index contributed by atoms with van der Waals surface area (Å²) >= 11 is 0. The van der Waals surface area contributed by atoms with Crippen LogP contribution in [0.15, 0.2) is 48.5 Å². The van der Waals surface area contributed by atoms with Crippen LogP contribution < -0.4 is 10.6 Å². The average molecular weight is 465 g/mol. The molecule has 1 aliphatic heterocycles.